The summed E-state index contributed by atoms with van der Waals surface area (Å²) in [6.07, 6.45) is 63.1. The van der Waals surface area contributed by atoms with Gasteiger partial charge in [-0.1, -0.05) is 310 Å². The molecular weight excluding hydrogens is 1220 g/mol. The number of ether oxygens (including phenoxy) is 4. The summed E-state index contributed by atoms with van der Waals surface area (Å²) in [6, 6.07) is 0. The Labute approximate surface area is 595 Å². The van der Waals surface area contributed by atoms with Crippen LogP contribution in [0.1, 0.15) is 381 Å². The summed E-state index contributed by atoms with van der Waals surface area (Å²) in [7, 11) is 0. The summed E-state index contributed by atoms with van der Waals surface area (Å²) >= 11 is 0. The van der Waals surface area contributed by atoms with Gasteiger partial charge in [-0.15, -0.1) is 0 Å². The normalized spacial score (nSPS) is 11.5. The fourth-order valence-corrected chi connectivity index (χ4v) is 12.4. The maximum absolute atomic E-state index is 13.0. The van der Waals surface area contributed by atoms with E-state index in [-0.39, 0.29) is 56.2 Å². The topological polar surface area (TPSA) is 207 Å². The third-order valence-corrected chi connectivity index (χ3v) is 18.7. The molecule has 4 N–H and O–H groups in total. The molecule has 0 fully saturated rings. The third kappa shape index (κ3) is 65.2. The number of aliphatic hydroxyl groups excluding tert-OH is 1. The molecule has 1 aromatic heterocycles. The first-order chi connectivity index (χ1) is 47.7. The van der Waals surface area contributed by atoms with Crippen molar-refractivity contribution in [2.75, 3.05) is 108 Å². The van der Waals surface area contributed by atoms with E-state index >= 15 is 0 Å². The number of carbonyl (C=O) groups is 4. The Bertz CT molecular complexity index is 1670. The molecule has 0 aliphatic rings. The Morgan fingerprint density at radius 2 is 0.454 bits per heavy atom. The van der Waals surface area contributed by atoms with Crippen LogP contribution in [-0.2, 0) is 38.1 Å². The molecule has 97 heavy (non-hydrogen) atoms. The van der Waals surface area contributed by atoms with E-state index in [2.05, 4.69) is 63.4 Å². The van der Waals surface area contributed by atoms with Gasteiger partial charge in [0, 0.05) is 52.4 Å². The van der Waals surface area contributed by atoms with E-state index in [4.69, 9.17) is 23.9 Å². The van der Waals surface area contributed by atoms with Crippen molar-refractivity contribution in [1.29, 1.82) is 0 Å². The summed E-state index contributed by atoms with van der Waals surface area (Å²) in [5, 5.41) is 19.5. The predicted molar refractivity (Wildman–Crippen MR) is 406 cm³/mol. The number of rotatable bonds is 78. The highest BCUT2D eigenvalue weighted by Gasteiger charge is 2.16. The lowest BCUT2D eigenvalue weighted by Gasteiger charge is -2.22. The number of aliphatic hydroxyl groups is 1. The van der Waals surface area contributed by atoms with E-state index in [1.165, 1.54) is 257 Å². The Morgan fingerprint density at radius 1 is 0.268 bits per heavy atom. The molecule has 0 saturated heterocycles. The van der Waals surface area contributed by atoms with Gasteiger partial charge in [-0.2, -0.15) is 15.0 Å². The quantitative estimate of drug-likeness (QED) is 0.0272. The summed E-state index contributed by atoms with van der Waals surface area (Å²) in [4.78, 5) is 70.4. The lowest BCUT2D eigenvalue weighted by molar-refractivity contribution is -0.146. The van der Waals surface area contributed by atoms with Crippen LogP contribution in [0.4, 0.5) is 17.8 Å². The molecule has 0 spiro atoms. The van der Waals surface area contributed by atoms with Gasteiger partial charge in [0.1, 0.15) is 0 Å². The molecule has 0 amide bonds. The van der Waals surface area contributed by atoms with Gasteiger partial charge in [-0.05, 0) is 58.0 Å². The number of aromatic nitrogens is 3. The number of nitrogens with one attached hydrogen (secondary N) is 3. The second-order valence-electron chi connectivity index (χ2n) is 28.0. The van der Waals surface area contributed by atoms with Crippen LogP contribution in [0.5, 0.6) is 0 Å². The molecule has 1 rings (SSSR count). The van der Waals surface area contributed by atoms with Crippen LogP contribution in [0.25, 0.3) is 0 Å². The molecule has 568 valence electrons. The van der Waals surface area contributed by atoms with Crippen molar-refractivity contribution in [2.45, 2.75) is 381 Å². The van der Waals surface area contributed by atoms with Gasteiger partial charge in [0.25, 0.3) is 0 Å². The summed E-state index contributed by atoms with van der Waals surface area (Å²) in [6.45, 7) is 15.6. The minimum atomic E-state index is -0.208. The first-order valence-electron chi connectivity index (χ1n) is 41.4. The van der Waals surface area contributed by atoms with Gasteiger partial charge in [-0.3, -0.25) is 19.2 Å². The van der Waals surface area contributed by atoms with Crippen LogP contribution < -0.4 is 16.0 Å². The van der Waals surface area contributed by atoms with Gasteiger partial charge >= 0.3 is 23.9 Å². The molecule has 0 bridgehead atoms. The highest BCUT2D eigenvalue weighted by molar-refractivity contribution is 5.71. The zero-order valence-corrected chi connectivity index (χ0v) is 63.7. The van der Waals surface area contributed by atoms with Crippen LogP contribution in [0.2, 0.25) is 0 Å². The Hall–Kier alpha value is -3.83. The summed E-state index contributed by atoms with van der Waals surface area (Å²) in [5.41, 5.74) is 0. The minimum Gasteiger partial charge on any atom is -0.466 e. The average molecular weight is 1370 g/mol. The average Bonchev–Trinajstić information content (AvgIpc) is 1.48. The first-order valence-corrected chi connectivity index (χ1v) is 41.4. The van der Waals surface area contributed by atoms with E-state index in [0.717, 1.165) is 51.4 Å². The number of esters is 4. The van der Waals surface area contributed by atoms with E-state index < -0.39 is 0 Å². The monoisotopic (exact) mass is 1370 g/mol. The van der Waals surface area contributed by atoms with E-state index in [9.17, 15) is 24.3 Å². The van der Waals surface area contributed by atoms with Gasteiger partial charge in [0.2, 0.25) is 17.8 Å². The maximum atomic E-state index is 13.0. The standard InChI is InChI=1S/C80H154N8O9/c1-5-9-13-17-21-25-29-33-37-41-45-49-70-94-74(90)56-65-87(66-57-75(91)95-71-50-46-42-38-34-30-26-22-18-14-10-6-2)63-53-60-81-78-84-79(86-80(85-78)83-62-55-69-89)82-61-54-64-88(67-58-76(92)96-72-51-47-43-39-35-31-27-23-19-15-11-7-3)68-59-77(93)97-73-52-48-44-40-36-32-28-24-20-16-12-8-4/h89H,5-73H2,1-4H3,(H3,81,82,83,84,85,86). The SMILES string of the molecule is CCCCCCCCCCCCCCOC(=O)CCN(CCCNc1nc(NCCCO)nc(NCCCN(CCC(=O)OCCCCCCCCCCCCCC)CCC(=O)OCCCCCCCCCCCCCC)n1)CCC(=O)OCCCCCCCCCCCCCC. The van der Waals surface area contributed by atoms with Crippen LogP contribution in [0, 0.1) is 0 Å². The van der Waals surface area contributed by atoms with Crippen molar-refractivity contribution in [3.05, 3.63) is 0 Å². The highest BCUT2D eigenvalue weighted by atomic mass is 16.5. The van der Waals surface area contributed by atoms with Crippen molar-refractivity contribution in [3.63, 3.8) is 0 Å². The number of hydrogen-bond donors (Lipinski definition) is 4. The van der Waals surface area contributed by atoms with E-state index in [0.29, 0.717) is 122 Å². The smallest absolute Gasteiger partial charge is 0.307 e. The van der Waals surface area contributed by atoms with Gasteiger partial charge < -0.3 is 49.8 Å². The Morgan fingerprint density at radius 3 is 0.649 bits per heavy atom. The summed E-state index contributed by atoms with van der Waals surface area (Å²) in [5.74, 6) is 0.332. The van der Waals surface area contributed by atoms with Crippen molar-refractivity contribution in [1.82, 2.24) is 24.8 Å². The Balaban J connectivity index is 2.85. The number of nitrogens with zero attached hydrogens (tertiary/aromatic N) is 5. The van der Waals surface area contributed by atoms with Crippen molar-refractivity contribution < 1.29 is 43.2 Å². The fraction of sp³-hybridized carbons (Fsp3) is 0.912. The van der Waals surface area contributed by atoms with Crippen LogP contribution in [0.3, 0.4) is 0 Å². The van der Waals surface area contributed by atoms with Gasteiger partial charge in [-0.25, -0.2) is 0 Å². The molecule has 0 saturated carbocycles. The molecule has 0 aromatic carbocycles. The van der Waals surface area contributed by atoms with Crippen molar-refractivity contribution in [3.8, 4) is 0 Å². The zero-order chi connectivity index (χ0) is 70.1. The number of hydrogen-bond acceptors (Lipinski definition) is 17. The largest absolute Gasteiger partial charge is 0.466 e. The summed E-state index contributed by atoms with van der Waals surface area (Å²) < 4.78 is 22.8. The fourth-order valence-electron chi connectivity index (χ4n) is 12.4. The van der Waals surface area contributed by atoms with Crippen molar-refractivity contribution in [2.24, 2.45) is 0 Å². The molecule has 1 aromatic rings. The second-order valence-corrected chi connectivity index (χ2v) is 28.0. The van der Waals surface area contributed by atoms with Crippen LogP contribution in [-0.4, -0.2) is 146 Å². The Kier molecular flexibility index (Phi) is 69.0. The number of unbranched alkanes of at least 4 members (excludes halogenated alkanes) is 44. The molecule has 17 heteroatoms. The molecule has 1 heterocycles. The van der Waals surface area contributed by atoms with E-state index in [1.807, 2.05) is 0 Å². The molecule has 0 unspecified atom stereocenters. The third-order valence-electron chi connectivity index (χ3n) is 18.7. The maximum Gasteiger partial charge on any atom is 0.307 e. The molecule has 17 nitrogen and oxygen atoms in total. The minimum absolute atomic E-state index is 0.0317. The van der Waals surface area contributed by atoms with E-state index in [1.54, 1.807) is 0 Å². The van der Waals surface area contributed by atoms with Crippen molar-refractivity contribution >= 4 is 41.7 Å². The molecule has 0 aliphatic carbocycles. The first kappa shape index (κ1) is 91.2. The predicted octanol–water partition coefficient (Wildman–Crippen LogP) is 20.4. The lowest BCUT2D eigenvalue weighted by atomic mass is 10.1. The lowest BCUT2D eigenvalue weighted by Crippen LogP contribution is -2.32. The molecule has 0 aliphatic heterocycles. The van der Waals surface area contributed by atoms with Gasteiger partial charge in [0.15, 0.2) is 0 Å². The van der Waals surface area contributed by atoms with Crippen LogP contribution in [0.15, 0.2) is 0 Å². The van der Waals surface area contributed by atoms with Gasteiger partial charge in [0.05, 0.1) is 52.1 Å². The van der Waals surface area contributed by atoms with Crippen LogP contribution >= 0.6 is 0 Å². The second kappa shape index (κ2) is 73.4. The number of carbonyl (C=O) groups excluding carboxylic acids is 4. The molecule has 0 radical (unpaired) electrons. The number of anilines is 3. The molecule has 0 atom stereocenters. The highest BCUT2D eigenvalue weighted by Crippen LogP contribution is 2.18. The molecular formula is C80H154N8O9. The zero-order valence-electron chi connectivity index (χ0n) is 63.7.